The molecule has 3 rings (SSSR count). The molecule has 3 unspecified atom stereocenters. The van der Waals surface area contributed by atoms with E-state index in [1.165, 1.54) is 83.5 Å². The van der Waals surface area contributed by atoms with E-state index in [1.54, 1.807) is 0 Å². The lowest BCUT2D eigenvalue weighted by Crippen LogP contribution is -2.33. The molecule has 0 radical (unpaired) electrons. The Labute approximate surface area is 150 Å². The molecule has 0 aromatic carbocycles. The first kappa shape index (κ1) is 18.7. The Bertz CT molecular complexity index is 349. The van der Waals surface area contributed by atoms with Crippen molar-refractivity contribution >= 4 is 0 Å². The van der Waals surface area contributed by atoms with E-state index in [9.17, 15) is 4.39 Å². The molecule has 3 atom stereocenters. The second-order valence-corrected chi connectivity index (χ2v) is 9.75. The van der Waals surface area contributed by atoms with Crippen LogP contribution in [0.4, 0.5) is 4.39 Å². The van der Waals surface area contributed by atoms with Crippen LogP contribution in [0.3, 0.4) is 0 Å². The second-order valence-electron chi connectivity index (χ2n) is 9.75. The summed E-state index contributed by atoms with van der Waals surface area (Å²) in [7, 11) is 0. The molecule has 0 saturated heterocycles. The van der Waals surface area contributed by atoms with Crippen molar-refractivity contribution in [3.05, 3.63) is 0 Å². The molecular weight excluding hydrogens is 295 g/mol. The van der Waals surface area contributed by atoms with Gasteiger partial charge in [0, 0.05) is 0 Å². The van der Waals surface area contributed by atoms with Gasteiger partial charge in [0.25, 0.3) is 0 Å². The largest absolute Gasteiger partial charge is 0.247 e. The summed E-state index contributed by atoms with van der Waals surface area (Å²) in [5.41, 5.74) is 0. The molecule has 0 amide bonds. The van der Waals surface area contributed by atoms with Gasteiger partial charge >= 0.3 is 0 Å². The van der Waals surface area contributed by atoms with Gasteiger partial charge < -0.3 is 0 Å². The van der Waals surface area contributed by atoms with E-state index < -0.39 is 6.17 Å². The minimum atomic E-state index is -0.496. The van der Waals surface area contributed by atoms with Crippen LogP contribution < -0.4 is 0 Å². The average Bonchev–Trinajstić information content (AvgIpc) is 2.61. The molecule has 0 aromatic rings. The molecule has 3 saturated carbocycles. The van der Waals surface area contributed by atoms with Crippen LogP contribution in [0, 0.1) is 35.5 Å². The normalized spacial score (nSPS) is 44.4. The topological polar surface area (TPSA) is 0 Å². The van der Waals surface area contributed by atoms with Crippen LogP contribution >= 0.6 is 0 Å². The van der Waals surface area contributed by atoms with Crippen LogP contribution in [-0.4, -0.2) is 6.17 Å². The maximum Gasteiger partial charge on any atom is 0.103 e. The molecule has 3 fully saturated rings. The Morgan fingerprint density at radius 1 is 0.708 bits per heavy atom. The van der Waals surface area contributed by atoms with Crippen LogP contribution in [0.25, 0.3) is 0 Å². The highest BCUT2D eigenvalue weighted by Gasteiger charge is 2.36. The zero-order chi connectivity index (χ0) is 16.9. The summed E-state index contributed by atoms with van der Waals surface area (Å²) in [5, 5.41) is 0. The number of hydrogen-bond acceptors (Lipinski definition) is 0. The molecule has 0 aromatic heterocycles. The van der Waals surface area contributed by atoms with Gasteiger partial charge in [0.1, 0.15) is 6.17 Å². The fourth-order valence-electron chi connectivity index (χ4n) is 6.17. The van der Waals surface area contributed by atoms with E-state index in [1.807, 2.05) is 0 Å². The first-order chi connectivity index (χ1) is 11.7. The van der Waals surface area contributed by atoms with E-state index in [0.717, 1.165) is 24.2 Å². The van der Waals surface area contributed by atoms with Crippen molar-refractivity contribution in [3.8, 4) is 0 Å². The zero-order valence-corrected chi connectivity index (χ0v) is 16.3. The van der Waals surface area contributed by atoms with Crippen LogP contribution in [0.2, 0.25) is 0 Å². The van der Waals surface area contributed by atoms with Crippen molar-refractivity contribution in [2.24, 2.45) is 35.5 Å². The highest BCUT2D eigenvalue weighted by Crippen LogP contribution is 2.44. The molecule has 1 heteroatoms. The van der Waals surface area contributed by atoms with Gasteiger partial charge in [-0.2, -0.15) is 0 Å². The Morgan fingerprint density at radius 2 is 1.25 bits per heavy atom. The third-order valence-electron chi connectivity index (χ3n) is 8.11. The van der Waals surface area contributed by atoms with Gasteiger partial charge in [0.15, 0.2) is 0 Å². The van der Waals surface area contributed by atoms with Crippen molar-refractivity contribution in [2.45, 2.75) is 110 Å². The Morgan fingerprint density at radius 3 is 1.79 bits per heavy atom. The van der Waals surface area contributed by atoms with Gasteiger partial charge in [0.2, 0.25) is 0 Å². The third-order valence-corrected chi connectivity index (χ3v) is 8.11. The maximum absolute atomic E-state index is 14.4. The monoisotopic (exact) mass is 336 g/mol. The summed E-state index contributed by atoms with van der Waals surface area (Å²) in [6.45, 7) is 4.59. The molecule has 0 heterocycles. The summed E-state index contributed by atoms with van der Waals surface area (Å²) >= 11 is 0. The van der Waals surface area contributed by atoms with Crippen LogP contribution in [0.5, 0.6) is 0 Å². The van der Waals surface area contributed by atoms with Crippen molar-refractivity contribution < 1.29 is 4.39 Å². The van der Waals surface area contributed by atoms with E-state index in [-0.39, 0.29) is 0 Å². The molecule has 140 valence electrons. The summed E-state index contributed by atoms with van der Waals surface area (Å²) in [6.07, 6.45) is 18.5. The highest BCUT2D eigenvalue weighted by molar-refractivity contribution is 4.86. The molecule has 0 nitrogen and oxygen atoms in total. The lowest BCUT2D eigenvalue weighted by atomic mass is 9.67. The Hall–Kier alpha value is -0.0700. The molecule has 0 aliphatic heterocycles. The Balaban J connectivity index is 1.34. The average molecular weight is 337 g/mol. The maximum atomic E-state index is 14.4. The molecule has 24 heavy (non-hydrogen) atoms. The molecular formula is C23H41F. The van der Waals surface area contributed by atoms with E-state index in [2.05, 4.69) is 13.8 Å². The fraction of sp³-hybridized carbons (Fsp3) is 1.00. The standard InChI is InChI=1S/C23H41F/c1-3-18-5-7-19(8-6-18)9-10-20-11-13-21(14-12-20)22-15-4-17(2)16-23(22)24/h17-23H,3-16H2,1-2H3. The number of halogens is 1. The lowest BCUT2D eigenvalue weighted by Gasteiger charge is -2.39. The van der Waals surface area contributed by atoms with Gasteiger partial charge in [-0.05, 0) is 61.2 Å². The van der Waals surface area contributed by atoms with Gasteiger partial charge in [-0.15, -0.1) is 0 Å². The van der Waals surface area contributed by atoms with Gasteiger partial charge in [-0.3, -0.25) is 0 Å². The SMILES string of the molecule is CCC1CCC(CCC2CCC(C3CCC(C)CC3F)CC2)CC1. The van der Waals surface area contributed by atoms with Crippen LogP contribution in [0.15, 0.2) is 0 Å². The minimum Gasteiger partial charge on any atom is -0.247 e. The number of alkyl halides is 1. The van der Waals surface area contributed by atoms with Gasteiger partial charge in [0.05, 0.1) is 0 Å². The predicted octanol–water partition coefficient (Wildman–Crippen LogP) is 7.56. The fourth-order valence-corrected chi connectivity index (χ4v) is 6.17. The summed E-state index contributed by atoms with van der Waals surface area (Å²) in [6, 6.07) is 0. The highest BCUT2D eigenvalue weighted by atomic mass is 19.1. The summed E-state index contributed by atoms with van der Waals surface area (Å²) < 4.78 is 14.4. The molecule has 0 bridgehead atoms. The van der Waals surface area contributed by atoms with Crippen LogP contribution in [-0.2, 0) is 0 Å². The first-order valence-electron chi connectivity index (χ1n) is 11.3. The molecule has 0 spiro atoms. The van der Waals surface area contributed by atoms with Gasteiger partial charge in [-0.25, -0.2) is 4.39 Å². The number of hydrogen-bond donors (Lipinski definition) is 0. The molecule has 0 N–H and O–H groups in total. The summed E-state index contributed by atoms with van der Waals surface area (Å²) in [5.74, 6) is 4.76. The summed E-state index contributed by atoms with van der Waals surface area (Å²) in [4.78, 5) is 0. The van der Waals surface area contributed by atoms with Crippen molar-refractivity contribution in [1.29, 1.82) is 0 Å². The molecule has 3 aliphatic carbocycles. The van der Waals surface area contributed by atoms with Crippen molar-refractivity contribution in [1.82, 2.24) is 0 Å². The smallest absolute Gasteiger partial charge is 0.103 e. The van der Waals surface area contributed by atoms with Crippen molar-refractivity contribution in [2.75, 3.05) is 0 Å². The van der Waals surface area contributed by atoms with Crippen LogP contribution in [0.1, 0.15) is 104 Å². The minimum absolute atomic E-state index is 0.409. The van der Waals surface area contributed by atoms with Crippen molar-refractivity contribution in [3.63, 3.8) is 0 Å². The van der Waals surface area contributed by atoms with Gasteiger partial charge in [-0.1, -0.05) is 78.1 Å². The third kappa shape index (κ3) is 4.98. The zero-order valence-electron chi connectivity index (χ0n) is 16.3. The Kier molecular flexibility index (Phi) is 7.05. The van der Waals surface area contributed by atoms with E-state index >= 15 is 0 Å². The molecule has 3 aliphatic rings. The lowest BCUT2D eigenvalue weighted by molar-refractivity contribution is 0.0610. The quantitative estimate of drug-likeness (QED) is 0.486. The van der Waals surface area contributed by atoms with E-state index in [0.29, 0.717) is 17.8 Å². The van der Waals surface area contributed by atoms with E-state index in [4.69, 9.17) is 0 Å². The predicted molar refractivity (Wildman–Crippen MR) is 102 cm³/mol. The first-order valence-corrected chi connectivity index (χ1v) is 11.3. The second kappa shape index (κ2) is 9.04. The number of rotatable bonds is 5.